The van der Waals surface area contributed by atoms with Gasteiger partial charge in [0.15, 0.2) is 5.13 Å². The van der Waals surface area contributed by atoms with Gasteiger partial charge in [0.1, 0.15) is 67.5 Å². The van der Waals surface area contributed by atoms with Crippen LogP contribution in [0.25, 0.3) is 21.0 Å². The van der Waals surface area contributed by atoms with E-state index >= 15 is 0 Å². The maximum absolute atomic E-state index is 12.7. The molecule has 10 aromatic carbocycles. The van der Waals surface area contributed by atoms with E-state index in [2.05, 4.69) is 36.3 Å². The molecule has 0 spiro atoms. The fraction of sp³-hybridized carbons (Fsp3) is 0.188. The average molecular weight is 1760 g/mol. The van der Waals surface area contributed by atoms with Gasteiger partial charge in [-0.2, -0.15) is 22.0 Å². The van der Waals surface area contributed by atoms with Gasteiger partial charge in [-0.25, -0.2) is 26.9 Å². The molecule has 2 aromatic heterocycles. The number of nitrogens with zero attached hydrogens (tertiary/aromatic N) is 1. The molecular weight excluding hydrogens is 1670 g/mol. The SMILES string of the molecule is CCC(=CF)COc1ccc(C(=O)Nc2ccc(C)s2)cc1.CCC(=CF)COc1ccc(C(=O)Nc2cccc(C(F)(F)F)c2)cc1.CCC(=CF)COc1ccc(C(=O)Nc2cccc(OC(F)F)c2)cc1.CCC(=CF)COc1ccc(C(=O)Nc2cccc3ccccc23)cc1.CCC(=CF)COc1ccc(C(=O)Nc2nc3ccccc3s2)cc1. The number of benzene rings is 10. The maximum Gasteiger partial charge on any atom is 0.416 e. The molecule has 0 radical (unpaired) electrons. The fourth-order valence-corrected chi connectivity index (χ4v) is 12.3. The Morgan fingerprint density at radius 1 is 0.376 bits per heavy atom. The number of ether oxygens (including phenoxy) is 6. The second-order valence-corrected chi connectivity index (χ2v) is 29.2. The molecule has 0 aliphatic rings. The van der Waals surface area contributed by atoms with Gasteiger partial charge < -0.3 is 49.7 Å². The van der Waals surface area contributed by atoms with Crippen LogP contribution in [0.1, 0.15) is 129 Å². The number of para-hydroxylation sites is 1. The minimum atomic E-state index is -4.48. The van der Waals surface area contributed by atoms with Crippen LogP contribution in [0.4, 0.5) is 71.1 Å². The molecule has 0 saturated heterocycles. The third-order valence-electron chi connectivity index (χ3n) is 18.0. The number of halogens is 10. The highest BCUT2D eigenvalue weighted by molar-refractivity contribution is 7.22. The van der Waals surface area contributed by atoms with Crippen molar-refractivity contribution < 1.29 is 96.3 Å². The van der Waals surface area contributed by atoms with Gasteiger partial charge in [-0.3, -0.25) is 29.3 Å². The first-order valence-electron chi connectivity index (χ1n) is 39.1. The summed E-state index contributed by atoms with van der Waals surface area (Å²) >= 11 is 2.96. The molecule has 125 heavy (non-hydrogen) atoms. The second kappa shape index (κ2) is 50.6. The van der Waals surface area contributed by atoms with E-state index in [1.54, 1.807) is 110 Å². The smallest absolute Gasteiger partial charge is 0.416 e. The van der Waals surface area contributed by atoms with Crippen LogP contribution >= 0.6 is 22.7 Å². The number of carbonyl (C=O) groups excluding carboxylic acids is 5. The van der Waals surface area contributed by atoms with Gasteiger partial charge in [0, 0.05) is 61.2 Å². The number of aromatic nitrogens is 1. The molecule has 29 heteroatoms. The van der Waals surface area contributed by atoms with Crippen LogP contribution in [0.5, 0.6) is 34.5 Å². The van der Waals surface area contributed by atoms with E-state index in [0.717, 1.165) is 48.7 Å². The van der Waals surface area contributed by atoms with Crippen molar-refractivity contribution in [2.45, 2.75) is 86.4 Å². The van der Waals surface area contributed by atoms with Crippen molar-refractivity contribution in [2.75, 3.05) is 59.6 Å². The number of thiophene rings is 1. The van der Waals surface area contributed by atoms with E-state index < -0.39 is 30.2 Å². The Hall–Kier alpha value is -13.8. The lowest BCUT2D eigenvalue weighted by Crippen LogP contribution is -2.13. The predicted octanol–water partition coefficient (Wildman–Crippen LogP) is 26.7. The van der Waals surface area contributed by atoms with Crippen LogP contribution in [0.15, 0.2) is 308 Å². The van der Waals surface area contributed by atoms with Crippen molar-refractivity contribution in [3.8, 4) is 34.5 Å². The zero-order chi connectivity index (χ0) is 90.1. The Labute approximate surface area is 724 Å². The summed E-state index contributed by atoms with van der Waals surface area (Å²) in [5, 5.41) is 17.1. The summed E-state index contributed by atoms with van der Waals surface area (Å²) in [5.41, 5.74) is 6.14. The van der Waals surface area contributed by atoms with Gasteiger partial charge in [0.05, 0.1) is 52.4 Å². The first-order valence-corrected chi connectivity index (χ1v) is 40.7. The van der Waals surface area contributed by atoms with Crippen LogP contribution in [0.2, 0.25) is 0 Å². The molecule has 0 bridgehead atoms. The fourth-order valence-electron chi connectivity index (χ4n) is 10.7. The summed E-state index contributed by atoms with van der Waals surface area (Å²) in [6, 6.07) is 68.0. The van der Waals surface area contributed by atoms with Crippen molar-refractivity contribution >= 4 is 100 Å². The number of anilines is 5. The van der Waals surface area contributed by atoms with Crippen LogP contribution in [-0.4, -0.2) is 74.2 Å². The van der Waals surface area contributed by atoms with E-state index in [-0.39, 0.29) is 67.8 Å². The molecule has 0 aliphatic heterocycles. The van der Waals surface area contributed by atoms with Gasteiger partial charge in [0.2, 0.25) is 0 Å². The highest BCUT2D eigenvalue weighted by Crippen LogP contribution is 2.33. The number of fused-ring (bicyclic) bond motifs is 2. The molecule has 12 aromatic rings. The molecule has 0 unspecified atom stereocenters. The number of rotatable bonds is 32. The largest absolute Gasteiger partial charge is 0.489 e. The maximum atomic E-state index is 12.7. The minimum absolute atomic E-state index is 0.0470. The van der Waals surface area contributed by atoms with E-state index in [1.807, 2.05) is 113 Å². The molecule has 0 saturated carbocycles. The third kappa shape index (κ3) is 32.2. The molecule has 0 atom stereocenters. The van der Waals surface area contributed by atoms with E-state index in [1.165, 1.54) is 77.3 Å². The summed E-state index contributed by atoms with van der Waals surface area (Å²) in [7, 11) is 0. The summed E-state index contributed by atoms with van der Waals surface area (Å²) in [6.45, 7) is 9.13. The predicted molar refractivity (Wildman–Crippen MR) is 474 cm³/mol. The Morgan fingerprint density at radius 2 is 0.736 bits per heavy atom. The topological polar surface area (TPSA) is 214 Å². The second-order valence-electron chi connectivity index (χ2n) is 26.8. The van der Waals surface area contributed by atoms with Gasteiger partial charge in [-0.1, -0.05) is 107 Å². The number of thiazole rings is 1. The first-order chi connectivity index (χ1) is 60.4. The number of alkyl halides is 5. The minimum Gasteiger partial charge on any atom is -0.489 e. The monoisotopic (exact) mass is 1760 g/mol. The number of hydrogen-bond donors (Lipinski definition) is 5. The molecule has 17 nitrogen and oxygen atoms in total. The summed E-state index contributed by atoms with van der Waals surface area (Å²) in [5.74, 6) is 1.16. The summed E-state index contributed by atoms with van der Waals surface area (Å²) in [4.78, 5) is 66.8. The quantitative estimate of drug-likeness (QED) is 0.0249. The van der Waals surface area contributed by atoms with E-state index in [9.17, 15) is 67.9 Å². The third-order valence-corrected chi connectivity index (χ3v) is 19.9. The zero-order valence-corrected chi connectivity index (χ0v) is 70.4. The Balaban J connectivity index is 0.000000194. The number of amides is 5. The lowest BCUT2D eigenvalue weighted by atomic mass is 10.1. The van der Waals surface area contributed by atoms with Crippen LogP contribution < -0.4 is 55.0 Å². The average Bonchev–Trinajstić information content (AvgIpc) is 1.69. The Kier molecular flexibility index (Phi) is 39.1. The highest BCUT2D eigenvalue weighted by Gasteiger charge is 2.31. The Bertz CT molecular complexity index is 5610. The zero-order valence-electron chi connectivity index (χ0n) is 68.7. The van der Waals surface area contributed by atoms with Crippen LogP contribution in [0, 0.1) is 6.92 Å². The van der Waals surface area contributed by atoms with Gasteiger partial charge in [-0.15, -0.1) is 11.3 Å². The van der Waals surface area contributed by atoms with E-state index in [0.29, 0.717) is 153 Å². The number of carbonyl (C=O) groups is 5. The molecular formula is C96H90F10N6O11S2. The Morgan fingerprint density at radius 3 is 1.12 bits per heavy atom. The molecule has 0 fully saturated rings. The van der Waals surface area contributed by atoms with Gasteiger partial charge >= 0.3 is 12.8 Å². The van der Waals surface area contributed by atoms with Crippen molar-refractivity contribution in [1.82, 2.24) is 4.98 Å². The molecule has 5 N–H and O–H groups in total. The molecule has 2 heterocycles. The van der Waals surface area contributed by atoms with Crippen molar-refractivity contribution in [2.24, 2.45) is 0 Å². The van der Waals surface area contributed by atoms with Gasteiger partial charge in [0.25, 0.3) is 29.5 Å². The normalized spacial score (nSPS) is 11.5. The highest BCUT2D eigenvalue weighted by atomic mass is 32.1. The van der Waals surface area contributed by atoms with E-state index in [4.69, 9.17) is 23.7 Å². The van der Waals surface area contributed by atoms with Crippen molar-refractivity contribution in [3.05, 3.63) is 346 Å². The molecule has 12 rings (SSSR count). The molecule has 0 aliphatic carbocycles. The molecule has 5 amide bonds. The number of hydrogen-bond acceptors (Lipinski definition) is 14. The van der Waals surface area contributed by atoms with Crippen molar-refractivity contribution in [1.29, 1.82) is 0 Å². The first kappa shape index (κ1) is 96.7. The number of aryl methyl sites for hydroxylation is 1. The lowest BCUT2D eigenvalue weighted by Gasteiger charge is -2.10. The summed E-state index contributed by atoms with van der Waals surface area (Å²) < 4.78 is 158. The lowest BCUT2D eigenvalue weighted by molar-refractivity contribution is -0.137. The standard InChI is InChI=1S/C22H20FNO2.C19H17F4NO2.C19H18F3NO3.C19H17FN2O2S.C17H18FNO2S/c1-2-16(14-23)15-26-19-12-10-18(11-13-19)22(25)24-21-9-5-7-17-6-3-4-8-20(17)21;1-2-13(11-20)12-26-17-8-6-14(7-9-17)18(25)24-16-5-3-4-15(10-16)19(21,22)23;1-2-13(11-20)12-25-16-8-6-14(7-9-16)18(24)23-15-4-3-5-17(10-15)26-19(21)22;1-2-13(11-20)12-24-15-9-7-14(8-10-15)18(23)22-19-21-16-5-3-4-6-17(16)25-19;1-3-13(10-18)11-21-15-7-5-14(6-8-15)17(20)19-16-9-4-12(2)22-16/h3-14H,2,15H2,1H3,(H,24,25);3-11H,2,12H2,1H3,(H,24,25);3-11,19H,2,12H2,1H3,(H,23,24);3-11H,2,12H2,1H3,(H,21,22,23);4-10H,3,11H2,1-2H3,(H,19,20). The van der Waals surface area contributed by atoms with Crippen LogP contribution in [0.3, 0.4) is 0 Å². The summed E-state index contributed by atoms with van der Waals surface area (Å²) in [6.07, 6.45) is 1.13. The van der Waals surface area contributed by atoms with Crippen LogP contribution in [-0.2, 0) is 6.18 Å². The van der Waals surface area contributed by atoms with Crippen molar-refractivity contribution in [3.63, 3.8) is 0 Å². The number of nitrogens with one attached hydrogen (secondary N) is 5. The van der Waals surface area contributed by atoms with Gasteiger partial charge in [-0.05, 0) is 254 Å². The molecule has 652 valence electrons.